The minimum atomic E-state index is -4.90. The smallest absolute Gasteiger partial charge is 0.263 e. The van der Waals surface area contributed by atoms with E-state index in [2.05, 4.69) is 5.10 Å². The Morgan fingerprint density at radius 3 is 2.67 bits per heavy atom. The lowest BCUT2D eigenvalue weighted by Crippen LogP contribution is -2.34. The van der Waals surface area contributed by atoms with E-state index < -0.39 is 12.1 Å². The molecule has 0 aromatic carbocycles. The third-order valence-corrected chi connectivity index (χ3v) is 2.44. The highest BCUT2D eigenvalue weighted by Crippen LogP contribution is 2.14. The molecule has 0 bridgehead atoms. The quantitative estimate of drug-likeness (QED) is 0.620. The highest BCUT2D eigenvalue weighted by molar-refractivity contribution is 7.12. The molecule has 0 fully saturated rings. The lowest BCUT2D eigenvalue weighted by atomic mass is 10.3. The molecule has 0 unspecified atom stereocenters. The lowest BCUT2D eigenvalue weighted by molar-refractivity contribution is -0.173. The van der Waals surface area contributed by atoms with Crippen LogP contribution in [0, 0.1) is 0 Å². The Kier molecular flexibility index (Phi) is 3.46. The number of hydrogen-bond donors (Lipinski definition) is 1. The van der Waals surface area contributed by atoms with Gasteiger partial charge in [0.2, 0.25) is 0 Å². The second kappa shape index (κ2) is 4.43. The van der Waals surface area contributed by atoms with Crippen molar-refractivity contribution in [3.05, 3.63) is 22.4 Å². The van der Waals surface area contributed by atoms with Crippen LogP contribution in [-0.4, -0.2) is 17.8 Å². The number of carbonyl (C=O) groups excluding carboxylic acids is 1. The van der Waals surface area contributed by atoms with Crippen molar-refractivity contribution in [2.75, 3.05) is 0 Å². The molecule has 1 N–H and O–H groups in total. The highest BCUT2D eigenvalue weighted by Gasteiger charge is 2.38. The fourth-order valence-corrected chi connectivity index (χ4v) is 1.41. The summed E-state index contributed by atoms with van der Waals surface area (Å²) >= 11 is 1.33. The monoisotopic (exact) mass is 236 g/mol. The van der Waals surface area contributed by atoms with E-state index in [1.165, 1.54) is 23.7 Å². The van der Waals surface area contributed by atoms with Gasteiger partial charge in [0.1, 0.15) is 0 Å². The van der Waals surface area contributed by atoms with Crippen LogP contribution in [0.1, 0.15) is 11.8 Å². The molecule has 7 heteroatoms. The van der Waals surface area contributed by atoms with Gasteiger partial charge in [-0.15, -0.1) is 11.3 Å². The fourth-order valence-electron chi connectivity index (χ4n) is 0.738. The number of thiophene rings is 1. The standard InChI is InChI=1S/C8H7F3N2OS/c1-5(6-3-2-4-15-6)12-13-7(14)8(9,10)11/h2-4H,1H3,(H,13,14)/b12-5+. The molecule has 0 atom stereocenters. The fraction of sp³-hybridized carbons (Fsp3) is 0.250. The maximum absolute atomic E-state index is 11.8. The molecule has 0 saturated heterocycles. The van der Waals surface area contributed by atoms with E-state index >= 15 is 0 Å². The molecule has 1 rings (SSSR count). The van der Waals surface area contributed by atoms with E-state index in [9.17, 15) is 18.0 Å². The molecule has 0 aliphatic carbocycles. The topological polar surface area (TPSA) is 41.5 Å². The van der Waals surface area contributed by atoms with Crippen LogP contribution < -0.4 is 5.43 Å². The number of carbonyl (C=O) groups is 1. The average molecular weight is 236 g/mol. The first kappa shape index (κ1) is 11.7. The zero-order valence-corrected chi connectivity index (χ0v) is 8.45. The van der Waals surface area contributed by atoms with Crippen LogP contribution in [0.25, 0.3) is 0 Å². The van der Waals surface area contributed by atoms with Crippen molar-refractivity contribution in [1.29, 1.82) is 0 Å². The number of alkyl halides is 3. The predicted octanol–water partition coefficient (Wildman–Crippen LogP) is 2.15. The van der Waals surface area contributed by atoms with Gasteiger partial charge >= 0.3 is 12.1 Å². The molecule has 1 aromatic heterocycles. The number of nitrogens with one attached hydrogen (secondary N) is 1. The van der Waals surface area contributed by atoms with Gasteiger partial charge in [0.15, 0.2) is 0 Å². The van der Waals surface area contributed by atoms with Crippen molar-refractivity contribution in [1.82, 2.24) is 5.43 Å². The van der Waals surface area contributed by atoms with Gasteiger partial charge in [0, 0.05) is 4.88 Å². The van der Waals surface area contributed by atoms with Crippen molar-refractivity contribution in [2.24, 2.45) is 5.10 Å². The van der Waals surface area contributed by atoms with E-state index in [-0.39, 0.29) is 0 Å². The molecular formula is C8H7F3N2OS. The first-order chi connectivity index (χ1) is 6.91. The second-order valence-electron chi connectivity index (χ2n) is 2.61. The maximum Gasteiger partial charge on any atom is 0.473 e. The molecule has 1 amide bonds. The Labute approximate surface area is 87.6 Å². The van der Waals surface area contributed by atoms with Gasteiger partial charge in [-0.1, -0.05) is 6.07 Å². The summed E-state index contributed by atoms with van der Waals surface area (Å²) < 4.78 is 35.3. The Morgan fingerprint density at radius 1 is 1.53 bits per heavy atom. The maximum atomic E-state index is 11.8. The number of hydrogen-bond acceptors (Lipinski definition) is 3. The third-order valence-electron chi connectivity index (χ3n) is 1.46. The molecule has 82 valence electrons. The zero-order valence-electron chi connectivity index (χ0n) is 7.63. The SMILES string of the molecule is C/C(=N\NC(=O)C(F)(F)F)c1cccs1. The Balaban J connectivity index is 2.63. The van der Waals surface area contributed by atoms with E-state index in [0.29, 0.717) is 10.6 Å². The minimum absolute atomic E-state index is 0.336. The van der Waals surface area contributed by atoms with Crippen molar-refractivity contribution in [3.8, 4) is 0 Å². The summed E-state index contributed by atoms with van der Waals surface area (Å²) in [6.45, 7) is 1.52. The summed E-state index contributed by atoms with van der Waals surface area (Å²) in [7, 11) is 0. The molecule has 0 radical (unpaired) electrons. The van der Waals surface area contributed by atoms with Gasteiger partial charge in [-0.25, -0.2) is 5.43 Å². The van der Waals surface area contributed by atoms with Crippen LogP contribution in [0.2, 0.25) is 0 Å². The summed E-state index contributed by atoms with van der Waals surface area (Å²) in [5.41, 5.74) is 1.78. The Hall–Kier alpha value is -1.37. The number of amides is 1. The molecule has 0 saturated carbocycles. The summed E-state index contributed by atoms with van der Waals surface area (Å²) in [5, 5.41) is 5.10. The molecular weight excluding hydrogens is 229 g/mol. The van der Waals surface area contributed by atoms with Gasteiger partial charge in [0.25, 0.3) is 0 Å². The van der Waals surface area contributed by atoms with Crippen LogP contribution in [0.4, 0.5) is 13.2 Å². The first-order valence-electron chi connectivity index (χ1n) is 3.86. The number of rotatable bonds is 2. The molecule has 0 spiro atoms. The Morgan fingerprint density at radius 2 is 2.20 bits per heavy atom. The first-order valence-corrected chi connectivity index (χ1v) is 4.74. The largest absolute Gasteiger partial charge is 0.473 e. The average Bonchev–Trinajstić information content (AvgIpc) is 2.64. The van der Waals surface area contributed by atoms with Crippen LogP contribution in [-0.2, 0) is 4.79 Å². The molecule has 0 aliphatic rings. The predicted molar refractivity (Wildman–Crippen MR) is 50.7 cm³/mol. The van der Waals surface area contributed by atoms with E-state index in [0.717, 1.165) is 0 Å². The van der Waals surface area contributed by atoms with Crippen LogP contribution in [0.3, 0.4) is 0 Å². The normalized spacial score (nSPS) is 12.7. The molecule has 1 aromatic rings. The van der Waals surface area contributed by atoms with Gasteiger partial charge in [0.05, 0.1) is 5.71 Å². The molecule has 15 heavy (non-hydrogen) atoms. The van der Waals surface area contributed by atoms with Crippen molar-refractivity contribution in [3.63, 3.8) is 0 Å². The number of hydrazone groups is 1. The molecule has 1 heterocycles. The van der Waals surface area contributed by atoms with E-state index in [4.69, 9.17) is 0 Å². The summed E-state index contributed by atoms with van der Waals surface area (Å²) in [6.07, 6.45) is -4.90. The molecule has 0 aliphatic heterocycles. The van der Waals surface area contributed by atoms with Gasteiger partial charge in [-0.3, -0.25) is 4.79 Å². The van der Waals surface area contributed by atoms with Crippen molar-refractivity contribution >= 4 is 23.0 Å². The Bertz CT molecular complexity index is 370. The van der Waals surface area contributed by atoms with Gasteiger partial charge in [-0.05, 0) is 18.4 Å². The van der Waals surface area contributed by atoms with Crippen molar-refractivity contribution < 1.29 is 18.0 Å². The zero-order chi connectivity index (χ0) is 11.5. The van der Waals surface area contributed by atoms with Crippen molar-refractivity contribution in [2.45, 2.75) is 13.1 Å². The number of nitrogens with zero attached hydrogens (tertiary/aromatic N) is 1. The summed E-state index contributed by atoms with van der Waals surface area (Å²) in [6, 6.07) is 3.44. The van der Waals surface area contributed by atoms with E-state index in [1.807, 2.05) is 0 Å². The summed E-state index contributed by atoms with van der Waals surface area (Å²) in [5.74, 6) is -2.07. The van der Waals surface area contributed by atoms with Crippen LogP contribution in [0.5, 0.6) is 0 Å². The summed E-state index contributed by atoms with van der Waals surface area (Å²) in [4.78, 5) is 11.1. The molecule has 3 nitrogen and oxygen atoms in total. The van der Waals surface area contributed by atoms with E-state index in [1.54, 1.807) is 17.5 Å². The van der Waals surface area contributed by atoms with Gasteiger partial charge < -0.3 is 0 Å². The lowest BCUT2D eigenvalue weighted by Gasteiger charge is -2.03. The number of halogens is 3. The second-order valence-corrected chi connectivity index (χ2v) is 3.56. The van der Waals surface area contributed by atoms with Crippen LogP contribution in [0.15, 0.2) is 22.6 Å². The van der Waals surface area contributed by atoms with Crippen LogP contribution >= 0.6 is 11.3 Å². The minimum Gasteiger partial charge on any atom is -0.263 e. The van der Waals surface area contributed by atoms with Gasteiger partial charge in [-0.2, -0.15) is 18.3 Å². The third kappa shape index (κ3) is 3.35. The highest BCUT2D eigenvalue weighted by atomic mass is 32.1.